The van der Waals surface area contributed by atoms with Crippen molar-refractivity contribution in [2.45, 2.75) is 84.1 Å². The summed E-state index contributed by atoms with van der Waals surface area (Å²) in [5, 5.41) is 0. The van der Waals surface area contributed by atoms with Crippen LogP contribution in [0, 0.1) is 0 Å². The van der Waals surface area contributed by atoms with Gasteiger partial charge in [-0.15, -0.1) is 6.58 Å². The topological polar surface area (TPSA) is 36.9 Å². The predicted octanol–water partition coefficient (Wildman–Crippen LogP) is 3.34. The van der Waals surface area contributed by atoms with Crippen LogP contribution in [-0.4, -0.2) is 48.8 Å². The van der Waals surface area contributed by atoms with Crippen LogP contribution in [-0.2, 0) is 18.9 Å². The van der Waals surface area contributed by atoms with Crippen LogP contribution < -0.4 is 0 Å². The van der Waals surface area contributed by atoms with E-state index in [1.807, 2.05) is 48.5 Å². The van der Waals surface area contributed by atoms with Gasteiger partial charge in [-0.1, -0.05) is 6.08 Å². The normalized spacial score (nSPS) is 30.6. The molecular formula is C17H32O4. The van der Waals surface area contributed by atoms with E-state index in [0.717, 1.165) is 0 Å². The lowest BCUT2D eigenvalue weighted by Gasteiger charge is -2.32. The van der Waals surface area contributed by atoms with Crippen molar-refractivity contribution < 1.29 is 18.9 Å². The van der Waals surface area contributed by atoms with Gasteiger partial charge in [0.2, 0.25) is 0 Å². The first-order chi connectivity index (χ1) is 9.53. The first kappa shape index (κ1) is 18.6. The lowest BCUT2D eigenvalue weighted by molar-refractivity contribution is -0.142. The molecule has 0 spiro atoms. The molecule has 1 aliphatic heterocycles. The highest BCUT2D eigenvalue weighted by Crippen LogP contribution is 2.30. The van der Waals surface area contributed by atoms with Crippen LogP contribution in [0.3, 0.4) is 0 Å². The Morgan fingerprint density at radius 3 is 2.14 bits per heavy atom. The van der Waals surface area contributed by atoms with Crippen LogP contribution in [0.2, 0.25) is 0 Å². The van der Waals surface area contributed by atoms with Crippen molar-refractivity contribution in [3.05, 3.63) is 12.7 Å². The van der Waals surface area contributed by atoms with E-state index >= 15 is 0 Å². The van der Waals surface area contributed by atoms with E-state index in [9.17, 15) is 0 Å². The van der Waals surface area contributed by atoms with E-state index in [1.54, 1.807) is 6.08 Å². The van der Waals surface area contributed by atoms with E-state index in [0.29, 0.717) is 13.2 Å². The Hall–Kier alpha value is -0.420. The first-order valence-corrected chi connectivity index (χ1v) is 7.73. The maximum atomic E-state index is 6.19. The lowest BCUT2D eigenvalue weighted by Crippen LogP contribution is -2.44. The largest absolute Gasteiger partial charge is 0.373 e. The van der Waals surface area contributed by atoms with Gasteiger partial charge in [0, 0.05) is 0 Å². The van der Waals surface area contributed by atoms with Gasteiger partial charge in [-0.3, -0.25) is 0 Å². The molecule has 0 saturated carbocycles. The molecule has 0 aromatic heterocycles. The summed E-state index contributed by atoms with van der Waals surface area (Å²) in [6.45, 7) is 19.0. The number of hydrogen-bond donors (Lipinski definition) is 0. The fourth-order valence-corrected chi connectivity index (χ4v) is 2.34. The number of rotatable bonds is 6. The zero-order valence-corrected chi connectivity index (χ0v) is 14.6. The van der Waals surface area contributed by atoms with Crippen LogP contribution in [0.15, 0.2) is 12.7 Å². The molecule has 0 aromatic carbocycles. The second-order valence-corrected chi connectivity index (χ2v) is 7.58. The van der Waals surface area contributed by atoms with Crippen LogP contribution in [0.1, 0.15) is 48.5 Å². The summed E-state index contributed by atoms with van der Waals surface area (Å²) in [5.41, 5.74) is -0.452. The van der Waals surface area contributed by atoms with Gasteiger partial charge in [-0.25, -0.2) is 0 Å². The summed E-state index contributed by atoms with van der Waals surface area (Å²) in [4.78, 5) is 0. The van der Waals surface area contributed by atoms with Gasteiger partial charge in [-0.05, 0) is 48.5 Å². The SMILES string of the molecule is C=CCO[C@H]1C(OC(C)(C)C)[C@@H](COC(C)(C)C)O[C@H]1C. The maximum absolute atomic E-state index is 6.19. The third-order valence-corrected chi connectivity index (χ3v) is 3.12. The molecule has 4 nitrogen and oxygen atoms in total. The Balaban J connectivity index is 2.77. The standard InChI is InChI=1S/C17H32O4/c1-9-10-18-14-12(2)20-13(11-19-16(3,4)5)15(14)21-17(6,7)8/h9,12-15H,1,10-11H2,2-8H3/t12-,13+,14+,15?/m0/s1. The van der Waals surface area contributed by atoms with Gasteiger partial charge in [0.1, 0.15) is 18.3 Å². The van der Waals surface area contributed by atoms with Gasteiger partial charge >= 0.3 is 0 Å². The van der Waals surface area contributed by atoms with E-state index in [-0.39, 0.29) is 35.6 Å². The first-order valence-electron chi connectivity index (χ1n) is 7.73. The fraction of sp³-hybridized carbons (Fsp3) is 0.882. The molecule has 1 fully saturated rings. The van der Waals surface area contributed by atoms with E-state index in [1.165, 1.54) is 0 Å². The van der Waals surface area contributed by atoms with Crippen molar-refractivity contribution in [1.29, 1.82) is 0 Å². The van der Waals surface area contributed by atoms with Crippen LogP contribution in [0.25, 0.3) is 0 Å². The Morgan fingerprint density at radius 1 is 1.05 bits per heavy atom. The van der Waals surface area contributed by atoms with Crippen molar-refractivity contribution in [3.63, 3.8) is 0 Å². The molecular weight excluding hydrogens is 268 g/mol. The molecule has 0 aromatic rings. The second kappa shape index (κ2) is 7.23. The molecule has 1 heterocycles. The molecule has 1 aliphatic rings. The number of hydrogen-bond acceptors (Lipinski definition) is 4. The Labute approximate surface area is 129 Å². The van der Waals surface area contributed by atoms with Gasteiger partial charge < -0.3 is 18.9 Å². The number of ether oxygens (including phenoxy) is 4. The molecule has 0 amide bonds. The molecule has 1 rings (SSSR count). The van der Waals surface area contributed by atoms with Gasteiger partial charge in [0.05, 0.1) is 30.5 Å². The van der Waals surface area contributed by atoms with E-state index in [2.05, 4.69) is 6.58 Å². The summed E-state index contributed by atoms with van der Waals surface area (Å²) >= 11 is 0. The van der Waals surface area contributed by atoms with Crippen molar-refractivity contribution in [2.75, 3.05) is 13.2 Å². The van der Waals surface area contributed by atoms with Crippen LogP contribution in [0.5, 0.6) is 0 Å². The Bertz CT molecular complexity index is 327. The molecule has 1 saturated heterocycles. The average molecular weight is 300 g/mol. The summed E-state index contributed by atoms with van der Waals surface area (Å²) in [5.74, 6) is 0. The van der Waals surface area contributed by atoms with Crippen molar-refractivity contribution in [3.8, 4) is 0 Å². The molecule has 4 heteroatoms. The maximum Gasteiger partial charge on any atom is 0.115 e. The monoisotopic (exact) mass is 300 g/mol. The quantitative estimate of drug-likeness (QED) is 0.705. The summed E-state index contributed by atoms with van der Waals surface area (Å²) in [6.07, 6.45) is 1.37. The zero-order chi connectivity index (χ0) is 16.3. The average Bonchev–Trinajstić information content (AvgIpc) is 2.58. The van der Waals surface area contributed by atoms with Gasteiger partial charge in [0.15, 0.2) is 0 Å². The van der Waals surface area contributed by atoms with E-state index < -0.39 is 0 Å². The van der Waals surface area contributed by atoms with Crippen molar-refractivity contribution in [2.24, 2.45) is 0 Å². The Kier molecular flexibility index (Phi) is 6.41. The molecule has 0 radical (unpaired) electrons. The lowest BCUT2D eigenvalue weighted by atomic mass is 10.1. The minimum absolute atomic E-state index is 0.0223. The predicted molar refractivity (Wildman–Crippen MR) is 84.6 cm³/mol. The Morgan fingerprint density at radius 2 is 1.67 bits per heavy atom. The molecule has 0 bridgehead atoms. The van der Waals surface area contributed by atoms with Crippen LogP contribution in [0.4, 0.5) is 0 Å². The highest BCUT2D eigenvalue weighted by Gasteiger charge is 2.46. The highest BCUT2D eigenvalue weighted by atomic mass is 16.6. The van der Waals surface area contributed by atoms with Gasteiger partial charge in [0.25, 0.3) is 0 Å². The summed E-state index contributed by atoms with van der Waals surface area (Å²) in [7, 11) is 0. The molecule has 0 aliphatic carbocycles. The second-order valence-electron chi connectivity index (χ2n) is 7.58. The zero-order valence-electron chi connectivity index (χ0n) is 14.6. The smallest absolute Gasteiger partial charge is 0.115 e. The fourth-order valence-electron chi connectivity index (χ4n) is 2.34. The van der Waals surface area contributed by atoms with Crippen molar-refractivity contribution >= 4 is 0 Å². The van der Waals surface area contributed by atoms with E-state index in [4.69, 9.17) is 18.9 Å². The molecule has 1 unspecified atom stereocenters. The summed E-state index contributed by atoms with van der Waals surface area (Å²) in [6, 6.07) is 0. The third kappa shape index (κ3) is 6.47. The van der Waals surface area contributed by atoms with Crippen molar-refractivity contribution in [1.82, 2.24) is 0 Å². The molecule has 4 atom stereocenters. The van der Waals surface area contributed by atoms with Crippen LogP contribution >= 0.6 is 0 Å². The minimum Gasteiger partial charge on any atom is -0.373 e. The molecule has 21 heavy (non-hydrogen) atoms. The minimum atomic E-state index is -0.256. The highest BCUT2D eigenvalue weighted by molar-refractivity contribution is 4.93. The van der Waals surface area contributed by atoms with Gasteiger partial charge in [-0.2, -0.15) is 0 Å². The summed E-state index contributed by atoms with van der Waals surface area (Å²) < 4.78 is 23.9. The molecule has 0 N–H and O–H groups in total. The third-order valence-electron chi connectivity index (χ3n) is 3.12. The molecule has 124 valence electrons.